The van der Waals surface area contributed by atoms with E-state index >= 15 is 0 Å². The summed E-state index contributed by atoms with van der Waals surface area (Å²) in [6.07, 6.45) is 5.50. The molecule has 0 aliphatic rings. The van der Waals surface area contributed by atoms with Crippen LogP contribution in [0.25, 0.3) is 0 Å². The number of hydrogen-bond donors (Lipinski definition) is 3. The van der Waals surface area contributed by atoms with Gasteiger partial charge in [0.2, 0.25) is 5.91 Å². The summed E-state index contributed by atoms with van der Waals surface area (Å²) in [7, 11) is 2.09. The minimum atomic E-state index is -0.0920. The van der Waals surface area contributed by atoms with Crippen molar-refractivity contribution in [3.05, 3.63) is 0 Å². The lowest BCUT2D eigenvalue weighted by atomic mass is 10.2. The molecule has 0 aromatic heterocycles. The molecule has 1 amide bonds. The van der Waals surface area contributed by atoms with Gasteiger partial charge in [-0.3, -0.25) is 10.2 Å². The van der Waals surface area contributed by atoms with E-state index in [9.17, 15) is 4.79 Å². The average Bonchev–Trinajstić information content (AvgIpc) is 2.30. The Labute approximate surface area is 98.0 Å². The number of hydrogen-bond acceptors (Lipinski definition) is 4. The molecule has 0 radical (unpaired) electrons. The van der Waals surface area contributed by atoms with E-state index in [-0.39, 0.29) is 12.5 Å². The fourth-order valence-electron chi connectivity index (χ4n) is 1.52. The molecule has 0 rings (SSSR count). The molecule has 0 aromatic rings. The standard InChI is InChI=1S/C11H25N3O2/c1-14(8-4-2-6-10-15)9-5-3-7-11(16)13-12/h15H,2-10,12H2,1H3,(H,13,16). The lowest BCUT2D eigenvalue weighted by molar-refractivity contribution is -0.121. The summed E-state index contributed by atoms with van der Waals surface area (Å²) in [5, 5.41) is 8.62. The maximum absolute atomic E-state index is 10.8. The van der Waals surface area contributed by atoms with Gasteiger partial charge in [0.1, 0.15) is 0 Å². The van der Waals surface area contributed by atoms with Crippen molar-refractivity contribution in [2.24, 2.45) is 5.84 Å². The Balaban J connectivity index is 3.23. The fraction of sp³-hybridized carbons (Fsp3) is 0.909. The molecule has 0 unspecified atom stereocenters. The summed E-state index contributed by atoms with van der Waals surface area (Å²) in [4.78, 5) is 13.1. The van der Waals surface area contributed by atoms with E-state index in [1.165, 1.54) is 0 Å². The third kappa shape index (κ3) is 9.89. The van der Waals surface area contributed by atoms with Gasteiger partial charge in [0, 0.05) is 13.0 Å². The van der Waals surface area contributed by atoms with E-state index in [0.717, 1.165) is 45.2 Å². The summed E-state index contributed by atoms with van der Waals surface area (Å²) < 4.78 is 0. The Morgan fingerprint density at radius 2 is 1.81 bits per heavy atom. The quantitative estimate of drug-likeness (QED) is 0.218. The molecule has 0 bridgehead atoms. The number of unbranched alkanes of at least 4 members (excludes halogenated alkanes) is 3. The molecule has 0 aliphatic carbocycles. The molecule has 0 fully saturated rings. The molecule has 0 atom stereocenters. The van der Waals surface area contributed by atoms with Gasteiger partial charge < -0.3 is 10.0 Å². The van der Waals surface area contributed by atoms with Crippen molar-refractivity contribution >= 4 is 5.91 Å². The summed E-state index contributed by atoms with van der Waals surface area (Å²) in [6.45, 7) is 2.36. The largest absolute Gasteiger partial charge is 0.396 e. The van der Waals surface area contributed by atoms with E-state index < -0.39 is 0 Å². The Bertz CT molecular complexity index is 177. The lowest BCUT2D eigenvalue weighted by Gasteiger charge is -2.15. The normalized spacial score (nSPS) is 10.8. The number of carbonyl (C=O) groups is 1. The molecule has 5 heteroatoms. The zero-order valence-electron chi connectivity index (χ0n) is 10.2. The van der Waals surface area contributed by atoms with E-state index in [2.05, 4.69) is 17.4 Å². The number of amides is 1. The van der Waals surface area contributed by atoms with Crippen molar-refractivity contribution in [1.82, 2.24) is 10.3 Å². The van der Waals surface area contributed by atoms with Crippen LogP contribution in [0.1, 0.15) is 38.5 Å². The Hall–Kier alpha value is -0.650. The minimum Gasteiger partial charge on any atom is -0.396 e. The first kappa shape index (κ1) is 15.3. The summed E-state index contributed by atoms with van der Waals surface area (Å²) in [5.74, 6) is 4.89. The summed E-state index contributed by atoms with van der Waals surface area (Å²) >= 11 is 0. The number of nitrogens with one attached hydrogen (secondary N) is 1. The smallest absolute Gasteiger partial charge is 0.233 e. The first-order chi connectivity index (χ1) is 7.70. The van der Waals surface area contributed by atoms with Crippen molar-refractivity contribution < 1.29 is 9.90 Å². The molecule has 0 saturated carbocycles. The second-order valence-corrected chi connectivity index (χ2v) is 4.11. The second-order valence-electron chi connectivity index (χ2n) is 4.11. The molecular weight excluding hydrogens is 206 g/mol. The van der Waals surface area contributed by atoms with Crippen LogP contribution < -0.4 is 11.3 Å². The van der Waals surface area contributed by atoms with Crippen LogP contribution in [0.2, 0.25) is 0 Å². The van der Waals surface area contributed by atoms with Crippen LogP contribution in [0.5, 0.6) is 0 Å². The van der Waals surface area contributed by atoms with E-state index in [1.807, 2.05) is 0 Å². The van der Waals surface area contributed by atoms with Crippen LogP contribution in [0, 0.1) is 0 Å². The highest BCUT2D eigenvalue weighted by molar-refractivity contribution is 5.74. The first-order valence-corrected chi connectivity index (χ1v) is 5.99. The van der Waals surface area contributed by atoms with E-state index in [0.29, 0.717) is 6.42 Å². The molecule has 5 nitrogen and oxygen atoms in total. The monoisotopic (exact) mass is 231 g/mol. The van der Waals surface area contributed by atoms with E-state index in [1.54, 1.807) is 0 Å². The van der Waals surface area contributed by atoms with Crippen molar-refractivity contribution in [3.8, 4) is 0 Å². The molecule has 0 aliphatic heterocycles. The highest BCUT2D eigenvalue weighted by atomic mass is 16.2. The van der Waals surface area contributed by atoms with Crippen LogP contribution in [-0.2, 0) is 4.79 Å². The Morgan fingerprint density at radius 1 is 1.19 bits per heavy atom. The van der Waals surface area contributed by atoms with Gasteiger partial charge in [-0.25, -0.2) is 5.84 Å². The SMILES string of the molecule is CN(CCCCCO)CCCCC(=O)NN. The zero-order chi connectivity index (χ0) is 12.2. The number of nitrogens with two attached hydrogens (primary N) is 1. The number of rotatable bonds is 10. The molecule has 0 spiro atoms. The molecule has 96 valence electrons. The van der Waals surface area contributed by atoms with Crippen molar-refractivity contribution in [2.45, 2.75) is 38.5 Å². The predicted octanol–water partition coefficient (Wildman–Crippen LogP) is 0.241. The number of nitrogens with zero attached hydrogens (tertiary/aromatic N) is 1. The Morgan fingerprint density at radius 3 is 2.38 bits per heavy atom. The maximum Gasteiger partial charge on any atom is 0.233 e. The predicted molar refractivity (Wildman–Crippen MR) is 64.6 cm³/mol. The average molecular weight is 231 g/mol. The number of hydrazine groups is 1. The van der Waals surface area contributed by atoms with Crippen LogP contribution in [0.3, 0.4) is 0 Å². The van der Waals surface area contributed by atoms with Crippen LogP contribution in [0.4, 0.5) is 0 Å². The van der Waals surface area contributed by atoms with Crippen LogP contribution in [-0.4, -0.2) is 42.7 Å². The van der Waals surface area contributed by atoms with E-state index in [4.69, 9.17) is 10.9 Å². The van der Waals surface area contributed by atoms with Gasteiger partial charge in [-0.2, -0.15) is 0 Å². The highest BCUT2D eigenvalue weighted by Crippen LogP contribution is 2.00. The topological polar surface area (TPSA) is 78.6 Å². The summed E-state index contributed by atoms with van der Waals surface area (Å²) in [5.41, 5.74) is 2.13. The third-order valence-electron chi connectivity index (χ3n) is 2.55. The van der Waals surface area contributed by atoms with Gasteiger partial charge >= 0.3 is 0 Å². The van der Waals surface area contributed by atoms with Gasteiger partial charge in [-0.05, 0) is 52.2 Å². The maximum atomic E-state index is 10.8. The van der Waals surface area contributed by atoms with Crippen molar-refractivity contribution in [1.29, 1.82) is 0 Å². The first-order valence-electron chi connectivity index (χ1n) is 5.99. The zero-order valence-corrected chi connectivity index (χ0v) is 10.2. The number of aliphatic hydroxyl groups is 1. The van der Waals surface area contributed by atoms with Crippen LogP contribution >= 0.6 is 0 Å². The molecule has 0 aromatic carbocycles. The lowest BCUT2D eigenvalue weighted by Crippen LogP contribution is -2.30. The molecular formula is C11H25N3O2. The molecule has 0 saturated heterocycles. The van der Waals surface area contributed by atoms with Gasteiger partial charge in [0.25, 0.3) is 0 Å². The number of aliphatic hydroxyl groups excluding tert-OH is 1. The highest BCUT2D eigenvalue weighted by Gasteiger charge is 2.00. The Kier molecular flexibility index (Phi) is 10.4. The van der Waals surface area contributed by atoms with Gasteiger partial charge in [-0.1, -0.05) is 0 Å². The minimum absolute atomic E-state index is 0.0920. The van der Waals surface area contributed by atoms with Crippen molar-refractivity contribution in [3.63, 3.8) is 0 Å². The van der Waals surface area contributed by atoms with Crippen molar-refractivity contribution in [2.75, 3.05) is 26.7 Å². The fourth-order valence-corrected chi connectivity index (χ4v) is 1.52. The van der Waals surface area contributed by atoms with Gasteiger partial charge in [-0.15, -0.1) is 0 Å². The third-order valence-corrected chi connectivity index (χ3v) is 2.55. The molecule has 0 heterocycles. The number of carbonyl (C=O) groups excluding carboxylic acids is 1. The van der Waals surface area contributed by atoms with Crippen LogP contribution in [0.15, 0.2) is 0 Å². The molecule has 4 N–H and O–H groups in total. The van der Waals surface area contributed by atoms with Gasteiger partial charge in [0.05, 0.1) is 0 Å². The second kappa shape index (κ2) is 10.9. The van der Waals surface area contributed by atoms with Gasteiger partial charge in [0.15, 0.2) is 0 Å². The molecule has 16 heavy (non-hydrogen) atoms. The summed E-state index contributed by atoms with van der Waals surface area (Å²) in [6, 6.07) is 0.